The average molecular weight is 475 g/mol. The fourth-order valence-electron chi connectivity index (χ4n) is 3.90. The van der Waals surface area contributed by atoms with E-state index in [-0.39, 0.29) is 31.1 Å². The van der Waals surface area contributed by atoms with Gasteiger partial charge in [0.2, 0.25) is 16.4 Å². The number of hydrogen-bond donors (Lipinski definition) is 1. The van der Waals surface area contributed by atoms with Gasteiger partial charge in [-0.2, -0.15) is 0 Å². The van der Waals surface area contributed by atoms with Crippen LogP contribution in [-0.2, 0) is 14.8 Å². The molecule has 0 radical (unpaired) electrons. The standard InChI is InChI=1S/C22H23FN4O5S/c23-19-5-1-4-18-21(6-10-25-22(18)19)32-17-7-11-26(12-8-17)33(30,31)14-20(27(29)15-28)16-3-2-9-24-13-16/h1-6,9-10,13,15,17,20,29H,7-8,11-12,14H2. The van der Waals surface area contributed by atoms with Crippen molar-refractivity contribution in [2.45, 2.75) is 25.0 Å². The van der Waals surface area contributed by atoms with Gasteiger partial charge in [-0.15, -0.1) is 0 Å². The van der Waals surface area contributed by atoms with Crippen LogP contribution in [0.15, 0.2) is 55.0 Å². The Bertz CT molecular complexity index is 1220. The van der Waals surface area contributed by atoms with Crippen molar-refractivity contribution in [1.29, 1.82) is 0 Å². The number of halogens is 1. The third kappa shape index (κ3) is 5.10. The van der Waals surface area contributed by atoms with Gasteiger partial charge in [-0.3, -0.25) is 20.0 Å². The van der Waals surface area contributed by atoms with Crippen LogP contribution in [0.2, 0.25) is 0 Å². The average Bonchev–Trinajstić information content (AvgIpc) is 2.84. The highest BCUT2D eigenvalue weighted by atomic mass is 32.2. The SMILES string of the molecule is O=CN(O)C(CS(=O)(=O)N1CCC(Oc2ccnc3c(F)cccc23)CC1)c1cccnc1. The summed E-state index contributed by atoms with van der Waals surface area (Å²) >= 11 is 0. The Morgan fingerprint density at radius 1 is 1.21 bits per heavy atom. The monoisotopic (exact) mass is 474 g/mol. The maximum Gasteiger partial charge on any atom is 0.233 e. The number of ether oxygens (including phenoxy) is 1. The lowest BCUT2D eigenvalue weighted by Crippen LogP contribution is -2.44. The van der Waals surface area contributed by atoms with Gasteiger partial charge >= 0.3 is 0 Å². The van der Waals surface area contributed by atoms with Crippen LogP contribution >= 0.6 is 0 Å². The topological polar surface area (TPSA) is 113 Å². The number of amides is 1. The molecule has 2 aromatic heterocycles. The largest absolute Gasteiger partial charge is 0.490 e. The summed E-state index contributed by atoms with van der Waals surface area (Å²) in [6, 6.07) is 8.44. The maximum atomic E-state index is 14.0. The molecule has 1 aliphatic rings. The summed E-state index contributed by atoms with van der Waals surface area (Å²) in [5.41, 5.74) is 0.630. The van der Waals surface area contributed by atoms with Crippen LogP contribution in [0.25, 0.3) is 10.9 Å². The first-order chi connectivity index (χ1) is 15.9. The van der Waals surface area contributed by atoms with Crippen molar-refractivity contribution >= 4 is 27.3 Å². The van der Waals surface area contributed by atoms with Crippen molar-refractivity contribution in [1.82, 2.24) is 19.3 Å². The number of piperidine rings is 1. The second-order valence-corrected chi connectivity index (χ2v) is 9.74. The van der Waals surface area contributed by atoms with Gasteiger partial charge in [-0.05, 0) is 42.7 Å². The lowest BCUT2D eigenvalue weighted by Gasteiger charge is -2.33. The molecule has 11 heteroatoms. The van der Waals surface area contributed by atoms with Crippen LogP contribution in [0, 0.1) is 5.82 Å². The molecule has 1 N–H and O–H groups in total. The minimum atomic E-state index is -3.79. The van der Waals surface area contributed by atoms with E-state index in [0.717, 1.165) is 0 Å². The molecule has 1 atom stereocenters. The van der Waals surface area contributed by atoms with Crippen molar-refractivity contribution in [2.24, 2.45) is 0 Å². The van der Waals surface area contributed by atoms with Gasteiger partial charge in [0.05, 0.1) is 5.75 Å². The minimum absolute atomic E-state index is 0.176. The lowest BCUT2D eigenvalue weighted by atomic mass is 10.1. The number of rotatable bonds is 8. The fraction of sp³-hybridized carbons (Fsp3) is 0.318. The number of hydrogen-bond acceptors (Lipinski definition) is 7. The summed E-state index contributed by atoms with van der Waals surface area (Å²) in [6.07, 6.45) is 5.21. The van der Waals surface area contributed by atoms with Crippen LogP contribution in [0.4, 0.5) is 4.39 Å². The number of pyridine rings is 2. The Hall–Kier alpha value is -3.15. The summed E-state index contributed by atoms with van der Waals surface area (Å²) in [4.78, 5) is 19.1. The van der Waals surface area contributed by atoms with Crippen LogP contribution in [0.1, 0.15) is 24.4 Å². The van der Waals surface area contributed by atoms with E-state index in [9.17, 15) is 22.8 Å². The molecular formula is C22H23FN4O5S. The molecule has 1 amide bonds. The van der Waals surface area contributed by atoms with E-state index in [1.165, 1.54) is 29.0 Å². The minimum Gasteiger partial charge on any atom is -0.490 e. The molecule has 174 valence electrons. The molecule has 1 fully saturated rings. The van der Waals surface area contributed by atoms with Gasteiger partial charge in [0.15, 0.2) is 0 Å². The predicted octanol–water partition coefficient (Wildman–Crippen LogP) is 2.53. The molecule has 0 spiro atoms. The highest BCUT2D eigenvalue weighted by molar-refractivity contribution is 7.89. The Kier molecular flexibility index (Phi) is 6.82. The number of para-hydroxylation sites is 1. The number of nitrogens with zero attached hydrogens (tertiary/aromatic N) is 4. The Labute approximate surface area is 190 Å². The molecule has 1 unspecified atom stereocenters. The second-order valence-electron chi connectivity index (χ2n) is 7.73. The van der Waals surface area contributed by atoms with Crippen molar-refractivity contribution in [2.75, 3.05) is 18.8 Å². The van der Waals surface area contributed by atoms with Gasteiger partial charge in [0, 0.05) is 37.1 Å². The van der Waals surface area contributed by atoms with E-state index >= 15 is 0 Å². The first-order valence-corrected chi connectivity index (χ1v) is 12.0. The van der Waals surface area contributed by atoms with Crippen molar-refractivity contribution in [3.05, 3.63) is 66.4 Å². The van der Waals surface area contributed by atoms with Crippen LogP contribution in [-0.4, -0.2) is 64.3 Å². The van der Waals surface area contributed by atoms with Gasteiger partial charge < -0.3 is 4.74 Å². The number of hydroxylamine groups is 2. The molecule has 4 rings (SSSR count). The maximum absolute atomic E-state index is 14.0. The summed E-state index contributed by atoms with van der Waals surface area (Å²) in [5.74, 6) is -0.414. The molecule has 33 heavy (non-hydrogen) atoms. The molecular weight excluding hydrogens is 451 g/mol. The van der Waals surface area contributed by atoms with E-state index < -0.39 is 27.6 Å². The van der Waals surface area contributed by atoms with E-state index in [2.05, 4.69) is 9.97 Å². The number of fused-ring (bicyclic) bond motifs is 1. The van der Waals surface area contributed by atoms with Crippen LogP contribution < -0.4 is 4.74 Å². The van der Waals surface area contributed by atoms with Gasteiger partial charge in [0.1, 0.15) is 29.2 Å². The van der Waals surface area contributed by atoms with E-state index in [0.29, 0.717) is 34.6 Å². The van der Waals surface area contributed by atoms with Crippen LogP contribution in [0.3, 0.4) is 0 Å². The number of sulfonamides is 1. The zero-order chi connectivity index (χ0) is 23.4. The number of benzene rings is 1. The van der Waals surface area contributed by atoms with Crippen LogP contribution in [0.5, 0.6) is 5.75 Å². The first kappa shape index (κ1) is 23.0. The Morgan fingerprint density at radius 3 is 2.70 bits per heavy atom. The molecule has 1 aromatic carbocycles. The highest BCUT2D eigenvalue weighted by Gasteiger charge is 2.33. The number of aromatic nitrogens is 2. The first-order valence-electron chi connectivity index (χ1n) is 10.4. The molecule has 0 saturated carbocycles. The van der Waals surface area contributed by atoms with E-state index in [4.69, 9.17) is 4.74 Å². The molecule has 3 heterocycles. The molecule has 9 nitrogen and oxygen atoms in total. The molecule has 0 aliphatic carbocycles. The lowest BCUT2D eigenvalue weighted by molar-refractivity contribution is -0.159. The Morgan fingerprint density at radius 2 is 2.00 bits per heavy atom. The summed E-state index contributed by atoms with van der Waals surface area (Å²) in [6.45, 7) is 0.438. The van der Waals surface area contributed by atoms with Crippen molar-refractivity contribution in [3.63, 3.8) is 0 Å². The van der Waals surface area contributed by atoms with Gasteiger partial charge in [0.25, 0.3) is 0 Å². The molecule has 1 saturated heterocycles. The summed E-state index contributed by atoms with van der Waals surface area (Å²) in [5, 5.41) is 10.9. The second kappa shape index (κ2) is 9.77. The van der Waals surface area contributed by atoms with Gasteiger partial charge in [-0.1, -0.05) is 12.1 Å². The fourth-order valence-corrected chi connectivity index (χ4v) is 5.62. The summed E-state index contributed by atoms with van der Waals surface area (Å²) < 4.78 is 47.4. The molecule has 1 aliphatic heterocycles. The zero-order valence-electron chi connectivity index (χ0n) is 17.6. The molecule has 0 bridgehead atoms. The van der Waals surface area contributed by atoms with Gasteiger partial charge in [-0.25, -0.2) is 22.2 Å². The van der Waals surface area contributed by atoms with E-state index in [1.807, 2.05) is 0 Å². The quantitative estimate of drug-likeness (QED) is 0.303. The number of carbonyl (C=O) groups excluding carboxylic acids is 1. The molecule has 3 aromatic rings. The van der Waals surface area contributed by atoms with Crippen molar-refractivity contribution in [3.8, 4) is 5.75 Å². The van der Waals surface area contributed by atoms with Crippen molar-refractivity contribution < 1.29 is 27.5 Å². The Balaban J connectivity index is 1.43. The smallest absolute Gasteiger partial charge is 0.233 e. The zero-order valence-corrected chi connectivity index (χ0v) is 18.4. The van der Waals surface area contributed by atoms with E-state index in [1.54, 1.807) is 30.3 Å². The predicted molar refractivity (Wildman–Crippen MR) is 117 cm³/mol. The third-order valence-corrected chi connectivity index (χ3v) is 7.52. The normalized spacial score (nSPS) is 16.4. The number of carbonyl (C=O) groups is 1. The summed E-state index contributed by atoms with van der Waals surface area (Å²) in [7, 11) is -3.79. The highest BCUT2D eigenvalue weighted by Crippen LogP contribution is 2.29. The third-order valence-electron chi connectivity index (χ3n) is 5.63.